The number of carbonyl (C=O) groups excluding carboxylic acids is 1. The molecule has 1 aromatic carbocycles. The number of rotatable bonds is 2. The van der Waals surface area contributed by atoms with Gasteiger partial charge in [0.1, 0.15) is 5.76 Å². The molecule has 1 aliphatic heterocycles. The fraction of sp³-hybridized carbons (Fsp3) is 0.250. The summed E-state index contributed by atoms with van der Waals surface area (Å²) in [6.45, 7) is 4.45. The fourth-order valence-corrected chi connectivity index (χ4v) is 2.54. The number of anilines is 1. The molecule has 2 heterocycles. The van der Waals surface area contributed by atoms with Crippen molar-refractivity contribution < 1.29 is 9.32 Å². The molecule has 1 amide bonds. The number of para-hydroxylation sites is 1. The van der Waals surface area contributed by atoms with Crippen LogP contribution in [0.2, 0.25) is 0 Å². The van der Waals surface area contributed by atoms with E-state index in [-0.39, 0.29) is 5.91 Å². The molecule has 0 saturated heterocycles. The Kier molecular flexibility index (Phi) is 3.14. The highest BCUT2D eigenvalue weighted by Gasteiger charge is 2.22. The molecule has 2 aromatic rings. The van der Waals surface area contributed by atoms with Crippen molar-refractivity contribution in [1.29, 1.82) is 0 Å². The van der Waals surface area contributed by atoms with E-state index in [2.05, 4.69) is 11.2 Å². The van der Waals surface area contributed by atoms with Gasteiger partial charge in [-0.05, 0) is 38.0 Å². The lowest BCUT2D eigenvalue weighted by Gasteiger charge is -2.14. The molecule has 0 spiro atoms. The van der Waals surface area contributed by atoms with Crippen LogP contribution in [-0.4, -0.2) is 17.6 Å². The van der Waals surface area contributed by atoms with Gasteiger partial charge in [-0.1, -0.05) is 23.4 Å². The van der Waals surface area contributed by atoms with Crippen LogP contribution in [0.5, 0.6) is 0 Å². The third-order valence-electron chi connectivity index (χ3n) is 3.63. The summed E-state index contributed by atoms with van der Waals surface area (Å²) in [5.41, 5.74) is 3.92. The molecular formula is C16H16N2O2. The molecule has 102 valence electrons. The Labute approximate surface area is 117 Å². The lowest BCUT2D eigenvalue weighted by Crippen LogP contribution is -2.26. The van der Waals surface area contributed by atoms with E-state index in [1.165, 1.54) is 5.56 Å². The minimum Gasteiger partial charge on any atom is -0.361 e. The minimum atomic E-state index is -0.00468. The second-order valence-corrected chi connectivity index (χ2v) is 4.94. The number of amides is 1. The number of hydrogen-bond acceptors (Lipinski definition) is 3. The van der Waals surface area contributed by atoms with Gasteiger partial charge in [0.25, 0.3) is 5.91 Å². The molecule has 1 aromatic heterocycles. The predicted octanol–water partition coefficient (Wildman–Crippen LogP) is 2.89. The number of fused-ring (bicyclic) bond motifs is 1. The van der Waals surface area contributed by atoms with Crippen LogP contribution < -0.4 is 4.90 Å². The summed E-state index contributed by atoms with van der Waals surface area (Å²) in [7, 11) is 0. The van der Waals surface area contributed by atoms with Gasteiger partial charge in [0.05, 0.1) is 5.69 Å². The molecule has 0 radical (unpaired) electrons. The van der Waals surface area contributed by atoms with Crippen molar-refractivity contribution in [2.45, 2.75) is 20.3 Å². The van der Waals surface area contributed by atoms with Gasteiger partial charge in [0, 0.05) is 23.9 Å². The first kappa shape index (κ1) is 12.7. The Morgan fingerprint density at radius 3 is 2.90 bits per heavy atom. The molecule has 0 atom stereocenters. The van der Waals surface area contributed by atoms with Crippen molar-refractivity contribution in [3.63, 3.8) is 0 Å². The predicted molar refractivity (Wildman–Crippen MR) is 77.5 cm³/mol. The molecule has 4 nitrogen and oxygen atoms in total. The fourth-order valence-electron chi connectivity index (χ4n) is 2.54. The minimum absolute atomic E-state index is 0.00468. The molecule has 4 heteroatoms. The standard InChI is InChI=1S/C16H16N2O2/c1-11-14(12(2)20-17-11)7-8-16(19)18-10-9-13-5-3-4-6-15(13)18/h3-8H,9-10H2,1-2H3. The van der Waals surface area contributed by atoms with Crippen LogP contribution in [0.15, 0.2) is 34.9 Å². The summed E-state index contributed by atoms with van der Waals surface area (Å²) in [6.07, 6.45) is 4.29. The monoisotopic (exact) mass is 268 g/mol. The second-order valence-electron chi connectivity index (χ2n) is 4.94. The maximum atomic E-state index is 12.3. The molecule has 1 aliphatic rings. The van der Waals surface area contributed by atoms with Gasteiger partial charge >= 0.3 is 0 Å². The van der Waals surface area contributed by atoms with Crippen LogP contribution in [0.25, 0.3) is 6.08 Å². The number of aryl methyl sites for hydroxylation is 2. The van der Waals surface area contributed by atoms with E-state index in [4.69, 9.17) is 4.52 Å². The Morgan fingerprint density at radius 1 is 1.35 bits per heavy atom. The number of aromatic nitrogens is 1. The molecule has 0 bridgehead atoms. The molecule has 0 saturated carbocycles. The smallest absolute Gasteiger partial charge is 0.251 e. The molecule has 0 unspecified atom stereocenters. The molecule has 3 rings (SSSR count). The second kappa shape index (κ2) is 4.96. The Balaban J connectivity index is 1.82. The molecular weight excluding hydrogens is 252 g/mol. The van der Waals surface area contributed by atoms with Crippen LogP contribution in [0.4, 0.5) is 5.69 Å². The zero-order valence-corrected chi connectivity index (χ0v) is 11.6. The highest BCUT2D eigenvalue weighted by molar-refractivity contribution is 6.05. The van der Waals surface area contributed by atoms with Crippen molar-refractivity contribution in [3.05, 3.63) is 52.9 Å². The number of hydrogen-bond donors (Lipinski definition) is 0. The van der Waals surface area contributed by atoms with Gasteiger partial charge in [-0.15, -0.1) is 0 Å². The van der Waals surface area contributed by atoms with E-state index in [9.17, 15) is 4.79 Å². The SMILES string of the molecule is Cc1noc(C)c1C=CC(=O)N1CCc2ccccc21. The summed E-state index contributed by atoms with van der Waals surface area (Å²) in [5.74, 6) is 0.725. The number of carbonyl (C=O) groups is 1. The van der Waals surface area contributed by atoms with Gasteiger partial charge in [0.15, 0.2) is 0 Å². The highest BCUT2D eigenvalue weighted by Crippen LogP contribution is 2.27. The van der Waals surface area contributed by atoms with Gasteiger partial charge in [-0.25, -0.2) is 0 Å². The summed E-state index contributed by atoms with van der Waals surface area (Å²) in [6, 6.07) is 8.03. The lowest BCUT2D eigenvalue weighted by atomic mass is 10.2. The first-order chi connectivity index (χ1) is 9.66. The first-order valence-electron chi connectivity index (χ1n) is 6.67. The Bertz CT molecular complexity index is 666. The van der Waals surface area contributed by atoms with Gasteiger partial charge in [-0.2, -0.15) is 0 Å². The Morgan fingerprint density at radius 2 is 2.15 bits per heavy atom. The maximum Gasteiger partial charge on any atom is 0.251 e. The third kappa shape index (κ3) is 2.13. The van der Waals surface area contributed by atoms with Gasteiger partial charge in [-0.3, -0.25) is 4.79 Å². The summed E-state index contributed by atoms with van der Waals surface area (Å²) < 4.78 is 5.08. The molecule has 0 aliphatic carbocycles. The lowest BCUT2D eigenvalue weighted by molar-refractivity contribution is -0.114. The van der Waals surface area contributed by atoms with Crippen molar-refractivity contribution in [1.82, 2.24) is 5.16 Å². The van der Waals surface area contributed by atoms with Crippen molar-refractivity contribution >= 4 is 17.7 Å². The molecule has 0 N–H and O–H groups in total. The first-order valence-corrected chi connectivity index (χ1v) is 6.67. The summed E-state index contributed by atoms with van der Waals surface area (Å²) in [4.78, 5) is 14.1. The Hall–Kier alpha value is -2.36. The van der Waals surface area contributed by atoms with Crippen molar-refractivity contribution in [2.24, 2.45) is 0 Å². The van der Waals surface area contributed by atoms with E-state index in [1.54, 1.807) is 12.2 Å². The summed E-state index contributed by atoms with van der Waals surface area (Å²) in [5, 5.41) is 3.88. The molecule has 0 fully saturated rings. The summed E-state index contributed by atoms with van der Waals surface area (Å²) >= 11 is 0. The van der Waals surface area contributed by atoms with E-state index in [0.29, 0.717) is 0 Å². The zero-order valence-electron chi connectivity index (χ0n) is 11.6. The quantitative estimate of drug-likeness (QED) is 0.787. The van der Waals surface area contributed by atoms with E-state index in [0.717, 1.165) is 35.7 Å². The van der Waals surface area contributed by atoms with Crippen LogP contribution in [0, 0.1) is 13.8 Å². The van der Waals surface area contributed by atoms with E-state index in [1.807, 2.05) is 36.9 Å². The maximum absolute atomic E-state index is 12.3. The topological polar surface area (TPSA) is 46.3 Å². The normalized spacial score (nSPS) is 14.0. The van der Waals surface area contributed by atoms with Crippen LogP contribution >= 0.6 is 0 Å². The number of benzene rings is 1. The van der Waals surface area contributed by atoms with Crippen LogP contribution in [0.1, 0.15) is 22.6 Å². The van der Waals surface area contributed by atoms with Crippen molar-refractivity contribution in [2.75, 3.05) is 11.4 Å². The number of nitrogens with zero attached hydrogens (tertiary/aromatic N) is 2. The highest BCUT2D eigenvalue weighted by atomic mass is 16.5. The van der Waals surface area contributed by atoms with Crippen molar-refractivity contribution in [3.8, 4) is 0 Å². The van der Waals surface area contributed by atoms with Gasteiger partial charge in [0.2, 0.25) is 0 Å². The third-order valence-corrected chi connectivity index (χ3v) is 3.63. The average Bonchev–Trinajstić information content (AvgIpc) is 3.01. The molecule has 20 heavy (non-hydrogen) atoms. The average molecular weight is 268 g/mol. The van der Waals surface area contributed by atoms with E-state index >= 15 is 0 Å². The van der Waals surface area contributed by atoms with E-state index < -0.39 is 0 Å². The van der Waals surface area contributed by atoms with Crippen LogP contribution in [-0.2, 0) is 11.2 Å². The zero-order chi connectivity index (χ0) is 14.1. The van der Waals surface area contributed by atoms with Gasteiger partial charge < -0.3 is 9.42 Å². The largest absolute Gasteiger partial charge is 0.361 e. The van der Waals surface area contributed by atoms with Crippen LogP contribution in [0.3, 0.4) is 0 Å².